The fourth-order valence-corrected chi connectivity index (χ4v) is 5.02. The first-order valence-corrected chi connectivity index (χ1v) is 12.7. The zero-order valence-electron chi connectivity index (χ0n) is 21.1. The van der Waals surface area contributed by atoms with Crippen LogP contribution in [0.1, 0.15) is 48.1 Å². The van der Waals surface area contributed by atoms with Gasteiger partial charge in [0, 0.05) is 34.7 Å². The van der Waals surface area contributed by atoms with Crippen LogP contribution in [0.15, 0.2) is 78.5 Å². The van der Waals surface area contributed by atoms with Gasteiger partial charge in [-0.05, 0) is 43.0 Å². The number of aryl methyl sites for hydroxylation is 1. The Morgan fingerprint density at radius 2 is 1.71 bits per heavy atom. The van der Waals surface area contributed by atoms with Gasteiger partial charge in [0.05, 0.1) is 5.75 Å². The average Bonchev–Trinajstić information content (AvgIpc) is 3.39. The molecule has 6 heteroatoms. The molecule has 180 valence electrons. The van der Waals surface area contributed by atoms with Crippen molar-refractivity contribution in [2.45, 2.75) is 51.7 Å². The monoisotopic (exact) mass is 484 g/mol. The van der Waals surface area contributed by atoms with Gasteiger partial charge in [0.2, 0.25) is 0 Å². The van der Waals surface area contributed by atoms with Gasteiger partial charge < -0.3 is 4.57 Å². The van der Waals surface area contributed by atoms with Crippen LogP contribution < -0.4 is 0 Å². The smallest absolute Gasteiger partial charge is 0.196 e. The molecule has 0 aliphatic carbocycles. The van der Waals surface area contributed by atoms with Gasteiger partial charge in [0.1, 0.15) is 0 Å². The van der Waals surface area contributed by atoms with Gasteiger partial charge in [0.25, 0.3) is 0 Å². The molecule has 0 aliphatic heterocycles. The number of carbonyl (C=O) groups is 1. The van der Waals surface area contributed by atoms with E-state index in [4.69, 9.17) is 0 Å². The molecule has 0 bridgehead atoms. The van der Waals surface area contributed by atoms with Crippen molar-refractivity contribution in [1.82, 2.24) is 19.3 Å². The summed E-state index contributed by atoms with van der Waals surface area (Å²) in [7, 11) is 0. The fourth-order valence-electron chi connectivity index (χ4n) is 4.18. The minimum atomic E-state index is 0.0775. The highest BCUT2D eigenvalue weighted by molar-refractivity contribution is 7.99. The molecular formula is C29H32N4OS. The molecule has 0 fully saturated rings. The van der Waals surface area contributed by atoms with E-state index in [0.29, 0.717) is 11.7 Å². The predicted molar refractivity (Wildman–Crippen MR) is 145 cm³/mol. The summed E-state index contributed by atoms with van der Waals surface area (Å²) in [6.45, 7) is 15.1. The summed E-state index contributed by atoms with van der Waals surface area (Å²) in [6.07, 6.45) is 1.85. The number of Topliss-reactive ketones (excluding diaryl/α,β-unsaturated/α-hetero) is 1. The molecule has 0 radical (unpaired) electrons. The Labute approximate surface area is 211 Å². The number of rotatable bonds is 8. The van der Waals surface area contributed by atoms with Crippen LogP contribution in [0, 0.1) is 13.8 Å². The fraction of sp³-hybridized carbons (Fsp3) is 0.276. The Hall–Kier alpha value is -3.38. The topological polar surface area (TPSA) is 52.7 Å². The largest absolute Gasteiger partial charge is 0.345 e. The van der Waals surface area contributed by atoms with Gasteiger partial charge in [-0.1, -0.05) is 81.1 Å². The Kier molecular flexibility index (Phi) is 7.13. The second kappa shape index (κ2) is 10.1. The van der Waals surface area contributed by atoms with Crippen LogP contribution in [-0.4, -0.2) is 30.9 Å². The average molecular weight is 485 g/mol. The number of ketones is 1. The van der Waals surface area contributed by atoms with Gasteiger partial charge in [-0.25, -0.2) is 0 Å². The number of aromatic nitrogens is 4. The molecule has 0 unspecified atom stereocenters. The van der Waals surface area contributed by atoms with Crippen LogP contribution in [0.5, 0.6) is 0 Å². The molecule has 0 spiro atoms. The van der Waals surface area contributed by atoms with Crippen LogP contribution in [0.2, 0.25) is 0 Å². The lowest BCUT2D eigenvalue weighted by atomic mass is 9.87. The molecule has 0 saturated heterocycles. The van der Waals surface area contributed by atoms with Gasteiger partial charge >= 0.3 is 0 Å². The van der Waals surface area contributed by atoms with Crippen molar-refractivity contribution < 1.29 is 4.79 Å². The molecule has 0 saturated carbocycles. The van der Waals surface area contributed by atoms with Crippen LogP contribution >= 0.6 is 11.8 Å². The van der Waals surface area contributed by atoms with Crippen molar-refractivity contribution in [1.29, 1.82) is 0 Å². The molecule has 0 N–H and O–H groups in total. The van der Waals surface area contributed by atoms with Crippen molar-refractivity contribution in [2.24, 2.45) is 0 Å². The second-order valence-corrected chi connectivity index (χ2v) is 10.6. The van der Waals surface area contributed by atoms with Crippen LogP contribution in [0.4, 0.5) is 0 Å². The van der Waals surface area contributed by atoms with E-state index in [-0.39, 0.29) is 17.0 Å². The highest BCUT2D eigenvalue weighted by Crippen LogP contribution is 2.30. The van der Waals surface area contributed by atoms with Crippen molar-refractivity contribution in [3.8, 4) is 17.1 Å². The molecule has 35 heavy (non-hydrogen) atoms. The van der Waals surface area contributed by atoms with E-state index in [1.165, 1.54) is 17.3 Å². The molecule has 0 amide bonds. The Morgan fingerprint density at radius 3 is 2.34 bits per heavy atom. The number of allylic oxidation sites excluding steroid dienone is 1. The first kappa shape index (κ1) is 24.7. The zero-order chi connectivity index (χ0) is 25.2. The predicted octanol–water partition coefficient (Wildman–Crippen LogP) is 6.81. The zero-order valence-corrected chi connectivity index (χ0v) is 21.9. The quantitative estimate of drug-likeness (QED) is 0.157. The van der Waals surface area contributed by atoms with E-state index in [1.807, 2.05) is 60.9 Å². The van der Waals surface area contributed by atoms with Gasteiger partial charge in [-0.15, -0.1) is 16.8 Å². The van der Waals surface area contributed by atoms with Crippen LogP contribution in [-0.2, 0) is 12.0 Å². The van der Waals surface area contributed by atoms with Crippen molar-refractivity contribution >= 4 is 17.5 Å². The van der Waals surface area contributed by atoms with Crippen molar-refractivity contribution in [2.75, 3.05) is 5.75 Å². The van der Waals surface area contributed by atoms with E-state index in [0.717, 1.165) is 34.0 Å². The van der Waals surface area contributed by atoms with E-state index < -0.39 is 0 Å². The van der Waals surface area contributed by atoms with Crippen molar-refractivity contribution in [3.05, 3.63) is 95.8 Å². The van der Waals surface area contributed by atoms with Crippen LogP contribution in [0.3, 0.4) is 0 Å². The summed E-state index contributed by atoms with van der Waals surface area (Å²) in [6, 6.07) is 20.5. The summed E-state index contributed by atoms with van der Waals surface area (Å²) >= 11 is 1.42. The lowest BCUT2D eigenvalue weighted by Gasteiger charge is -2.19. The van der Waals surface area contributed by atoms with E-state index in [2.05, 4.69) is 66.4 Å². The third-order valence-electron chi connectivity index (χ3n) is 6.17. The minimum Gasteiger partial charge on any atom is -0.345 e. The van der Waals surface area contributed by atoms with E-state index >= 15 is 0 Å². The maximum atomic E-state index is 13.1. The molecule has 0 aliphatic rings. The summed E-state index contributed by atoms with van der Waals surface area (Å²) in [4.78, 5) is 13.1. The minimum absolute atomic E-state index is 0.0775. The van der Waals surface area contributed by atoms with Crippen molar-refractivity contribution in [3.63, 3.8) is 0 Å². The lowest BCUT2D eigenvalue weighted by molar-refractivity contribution is 0.102. The Balaban J connectivity index is 1.65. The molecule has 0 atom stereocenters. The molecule has 2 aromatic heterocycles. The van der Waals surface area contributed by atoms with Gasteiger partial charge in [-0.2, -0.15) is 0 Å². The van der Waals surface area contributed by atoms with E-state index in [1.54, 1.807) is 0 Å². The van der Waals surface area contributed by atoms with Crippen LogP contribution in [0.25, 0.3) is 17.1 Å². The van der Waals surface area contributed by atoms with Gasteiger partial charge in [-0.3, -0.25) is 9.36 Å². The lowest BCUT2D eigenvalue weighted by Crippen LogP contribution is -2.10. The Morgan fingerprint density at radius 1 is 1.03 bits per heavy atom. The summed E-state index contributed by atoms with van der Waals surface area (Å²) in [5.74, 6) is 1.12. The Bertz CT molecular complexity index is 1340. The standard InChI is InChI=1S/C29H32N4OS/c1-7-17-32-20(2)18-25(21(32)3)26(34)19-35-28-31-30-27(33(28)24-11-9-8-10-12-24)22-13-15-23(16-14-22)29(4,5)6/h7-16,18H,1,17,19H2,2-6H3. The molecule has 2 heterocycles. The summed E-state index contributed by atoms with van der Waals surface area (Å²) < 4.78 is 4.14. The maximum absolute atomic E-state index is 13.1. The summed E-state index contributed by atoms with van der Waals surface area (Å²) in [5.41, 5.74) is 6.07. The maximum Gasteiger partial charge on any atom is 0.196 e. The number of thioether (sulfide) groups is 1. The molecule has 4 aromatic rings. The second-order valence-electron chi connectivity index (χ2n) is 9.70. The van der Waals surface area contributed by atoms with Gasteiger partial charge in [0.15, 0.2) is 16.8 Å². The third kappa shape index (κ3) is 5.17. The molecule has 2 aromatic carbocycles. The number of nitrogens with zero attached hydrogens (tertiary/aromatic N) is 4. The number of hydrogen-bond acceptors (Lipinski definition) is 4. The summed E-state index contributed by atoms with van der Waals surface area (Å²) in [5, 5.41) is 9.71. The first-order valence-electron chi connectivity index (χ1n) is 11.8. The molecular weight excluding hydrogens is 452 g/mol. The molecule has 5 nitrogen and oxygen atoms in total. The highest BCUT2D eigenvalue weighted by atomic mass is 32.2. The normalized spacial score (nSPS) is 11.6. The molecule has 4 rings (SSSR count). The third-order valence-corrected chi connectivity index (χ3v) is 7.10. The number of benzene rings is 2. The SMILES string of the molecule is C=CCn1c(C)cc(C(=O)CSc2nnc(-c3ccc(C(C)(C)C)cc3)n2-c2ccccc2)c1C. The number of hydrogen-bond donors (Lipinski definition) is 0. The number of para-hydroxylation sites is 1. The highest BCUT2D eigenvalue weighted by Gasteiger charge is 2.21. The number of carbonyl (C=O) groups excluding carboxylic acids is 1. The first-order chi connectivity index (χ1) is 16.7. The van der Waals surface area contributed by atoms with E-state index in [9.17, 15) is 4.79 Å².